The summed E-state index contributed by atoms with van der Waals surface area (Å²) in [5.41, 5.74) is 1.17. The van der Waals surface area contributed by atoms with E-state index in [1.54, 1.807) is 26.1 Å². The molecule has 0 saturated carbocycles. The molecule has 1 heterocycles. The molecule has 0 bridgehead atoms. The standard InChI is InChI=1S/C16H20BF2N3O/c1-5-22(6-2)13-8-7-12(14(10-13)17(18)19)9-15-16(23)21(4)11(3)20-15/h7-10H,5-6H2,1-4H3/b15-9+. The van der Waals surface area contributed by atoms with Gasteiger partial charge in [-0.25, -0.2) is 4.99 Å². The van der Waals surface area contributed by atoms with E-state index in [1.807, 2.05) is 18.7 Å². The average Bonchev–Trinajstić information content (AvgIpc) is 2.76. The van der Waals surface area contributed by atoms with Gasteiger partial charge in [0.1, 0.15) is 11.5 Å². The normalized spacial score (nSPS) is 16.1. The summed E-state index contributed by atoms with van der Waals surface area (Å²) in [6.45, 7) is 7.15. The van der Waals surface area contributed by atoms with E-state index in [1.165, 1.54) is 17.0 Å². The lowest BCUT2D eigenvalue weighted by molar-refractivity contribution is -0.121. The van der Waals surface area contributed by atoms with Crippen molar-refractivity contribution in [3.63, 3.8) is 0 Å². The molecule has 0 aliphatic carbocycles. The number of hydrogen-bond donors (Lipinski definition) is 0. The maximum absolute atomic E-state index is 13.4. The van der Waals surface area contributed by atoms with Gasteiger partial charge in [-0.3, -0.25) is 18.3 Å². The van der Waals surface area contributed by atoms with Crippen molar-refractivity contribution < 1.29 is 13.4 Å². The van der Waals surface area contributed by atoms with E-state index in [9.17, 15) is 13.4 Å². The van der Waals surface area contributed by atoms with Gasteiger partial charge >= 0.3 is 7.27 Å². The van der Waals surface area contributed by atoms with Gasteiger partial charge in [-0.15, -0.1) is 0 Å². The molecule has 0 spiro atoms. The number of amidine groups is 1. The number of aliphatic imine (C=N–C) groups is 1. The van der Waals surface area contributed by atoms with Crippen LogP contribution in [0.25, 0.3) is 6.08 Å². The Morgan fingerprint density at radius 1 is 1.30 bits per heavy atom. The summed E-state index contributed by atoms with van der Waals surface area (Å²) in [7, 11) is -1.00. The first-order chi connectivity index (χ1) is 10.9. The van der Waals surface area contributed by atoms with Crippen LogP contribution in [-0.4, -0.2) is 44.0 Å². The highest BCUT2D eigenvalue weighted by molar-refractivity contribution is 6.61. The molecule has 2 rings (SSSR count). The highest BCUT2D eigenvalue weighted by atomic mass is 19.2. The second kappa shape index (κ2) is 6.94. The molecule has 122 valence electrons. The Morgan fingerprint density at radius 3 is 2.43 bits per heavy atom. The smallest absolute Gasteiger partial charge is 0.372 e. The van der Waals surface area contributed by atoms with E-state index in [2.05, 4.69) is 4.99 Å². The van der Waals surface area contributed by atoms with Crippen LogP contribution in [0.15, 0.2) is 28.9 Å². The fourth-order valence-corrected chi connectivity index (χ4v) is 2.53. The van der Waals surface area contributed by atoms with E-state index in [0.29, 0.717) is 11.4 Å². The molecule has 0 fully saturated rings. The summed E-state index contributed by atoms with van der Waals surface area (Å²) in [5.74, 6) is 0.273. The number of anilines is 1. The number of amides is 1. The summed E-state index contributed by atoms with van der Waals surface area (Å²) >= 11 is 0. The number of carbonyl (C=O) groups excluding carboxylic acids is 1. The third-order valence-electron chi connectivity index (χ3n) is 4.02. The zero-order chi connectivity index (χ0) is 17.1. The van der Waals surface area contributed by atoms with Crippen molar-refractivity contribution in [2.45, 2.75) is 20.8 Å². The lowest BCUT2D eigenvalue weighted by atomic mass is 9.81. The Labute approximate surface area is 135 Å². The molecule has 1 amide bonds. The Kier molecular flexibility index (Phi) is 5.18. The molecule has 1 aliphatic heterocycles. The van der Waals surface area contributed by atoms with Gasteiger partial charge in [-0.2, -0.15) is 0 Å². The van der Waals surface area contributed by atoms with Gasteiger partial charge in [-0.1, -0.05) is 6.07 Å². The SMILES string of the molecule is CCN(CC)c1ccc(/C=C2/N=C(C)N(C)C2=O)c(B(F)F)c1. The van der Waals surface area contributed by atoms with Crippen molar-refractivity contribution in [2.75, 3.05) is 25.0 Å². The van der Waals surface area contributed by atoms with Gasteiger partial charge in [-0.05, 0) is 44.5 Å². The summed E-state index contributed by atoms with van der Waals surface area (Å²) < 4.78 is 26.8. The molecule has 0 unspecified atom stereocenters. The largest absolute Gasteiger partial charge is 0.572 e. The van der Waals surface area contributed by atoms with Crippen molar-refractivity contribution >= 4 is 36.2 Å². The minimum absolute atomic E-state index is 0.0860. The second-order valence-corrected chi connectivity index (χ2v) is 5.34. The minimum atomic E-state index is -2.61. The predicted octanol–water partition coefficient (Wildman–Crippen LogP) is 2.40. The Morgan fingerprint density at radius 2 is 1.96 bits per heavy atom. The molecular formula is C16H20BF2N3O. The predicted molar refractivity (Wildman–Crippen MR) is 91.5 cm³/mol. The fraction of sp³-hybridized carbons (Fsp3) is 0.375. The highest BCUT2D eigenvalue weighted by Gasteiger charge is 2.26. The van der Waals surface area contributed by atoms with Crippen LogP contribution in [0.3, 0.4) is 0 Å². The first kappa shape index (κ1) is 17.2. The molecule has 7 heteroatoms. The molecule has 0 radical (unpaired) electrons. The van der Waals surface area contributed by atoms with Crippen LogP contribution >= 0.6 is 0 Å². The molecule has 0 saturated heterocycles. The Hall–Kier alpha value is -2.18. The van der Waals surface area contributed by atoms with Crippen molar-refractivity contribution in [1.82, 2.24) is 4.90 Å². The van der Waals surface area contributed by atoms with Gasteiger partial charge in [0, 0.05) is 31.3 Å². The Balaban J connectivity index is 2.46. The van der Waals surface area contributed by atoms with Crippen LogP contribution < -0.4 is 10.4 Å². The maximum Gasteiger partial charge on any atom is 0.572 e. The molecule has 0 atom stereocenters. The highest BCUT2D eigenvalue weighted by Crippen LogP contribution is 2.20. The first-order valence-electron chi connectivity index (χ1n) is 7.61. The zero-order valence-electron chi connectivity index (χ0n) is 13.8. The number of benzene rings is 1. The lowest BCUT2D eigenvalue weighted by Crippen LogP contribution is -2.28. The van der Waals surface area contributed by atoms with Gasteiger partial charge < -0.3 is 4.90 Å². The van der Waals surface area contributed by atoms with Gasteiger partial charge in [0.15, 0.2) is 0 Å². The summed E-state index contributed by atoms with van der Waals surface area (Å²) in [5, 5.41) is 0. The molecule has 0 N–H and O–H groups in total. The number of nitrogens with zero attached hydrogens (tertiary/aromatic N) is 3. The van der Waals surface area contributed by atoms with E-state index >= 15 is 0 Å². The van der Waals surface area contributed by atoms with Crippen LogP contribution in [0.2, 0.25) is 0 Å². The number of hydrogen-bond acceptors (Lipinski definition) is 3. The number of carbonyl (C=O) groups is 1. The van der Waals surface area contributed by atoms with Gasteiger partial charge in [0.05, 0.1) is 0 Å². The van der Waals surface area contributed by atoms with Crippen molar-refractivity contribution in [3.05, 3.63) is 29.5 Å². The Bertz CT molecular complexity index is 669. The third-order valence-corrected chi connectivity index (χ3v) is 4.02. The monoisotopic (exact) mass is 319 g/mol. The van der Waals surface area contributed by atoms with Crippen LogP contribution in [0.4, 0.5) is 14.3 Å². The van der Waals surface area contributed by atoms with E-state index in [0.717, 1.165) is 18.8 Å². The number of halogens is 2. The van der Waals surface area contributed by atoms with Gasteiger partial charge in [0.25, 0.3) is 5.91 Å². The number of rotatable bonds is 5. The molecular weight excluding hydrogens is 299 g/mol. The molecule has 1 aromatic carbocycles. The molecule has 1 aliphatic rings. The lowest BCUT2D eigenvalue weighted by Gasteiger charge is -2.22. The fourth-order valence-electron chi connectivity index (χ4n) is 2.53. The third kappa shape index (κ3) is 3.43. The zero-order valence-corrected chi connectivity index (χ0v) is 13.8. The van der Waals surface area contributed by atoms with E-state index < -0.39 is 7.27 Å². The molecule has 0 aromatic heterocycles. The quantitative estimate of drug-likeness (QED) is 0.617. The minimum Gasteiger partial charge on any atom is -0.372 e. The first-order valence-corrected chi connectivity index (χ1v) is 7.61. The average molecular weight is 319 g/mol. The molecule has 1 aromatic rings. The van der Waals surface area contributed by atoms with Crippen molar-refractivity contribution in [2.24, 2.45) is 4.99 Å². The molecule has 4 nitrogen and oxygen atoms in total. The second-order valence-electron chi connectivity index (χ2n) is 5.34. The summed E-state index contributed by atoms with van der Waals surface area (Å²) in [4.78, 5) is 19.6. The van der Waals surface area contributed by atoms with Crippen LogP contribution in [0.1, 0.15) is 26.3 Å². The van der Waals surface area contributed by atoms with E-state index in [-0.39, 0.29) is 17.1 Å². The van der Waals surface area contributed by atoms with E-state index in [4.69, 9.17) is 0 Å². The van der Waals surface area contributed by atoms with Crippen LogP contribution in [0, 0.1) is 0 Å². The van der Waals surface area contributed by atoms with Crippen molar-refractivity contribution in [3.8, 4) is 0 Å². The number of likely N-dealkylation sites (N-methyl/N-ethyl adjacent to an activating group) is 1. The topological polar surface area (TPSA) is 35.9 Å². The van der Waals surface area contributed by atoms with Gasteiger partial charge in [0.2, 0.25) is 0 Å². The van der Waals surface area contributed by atoms with Crippen LogP contribution in [-0.2, 0) is 4.79 Å². The molecule has 23 heavy (non-hydrogen) atoms. The maximum atomic E-state index is 13.4. The van der Waals surface area contributed by atoms with Crippen LogP contribution in [0.5, 0.6) is 0 Å². The summed E-state index contributed by atoms with van der Waals surface area (Å²) in [6.07, 6.45) is 1.43. The van der Waals surface area contributed by atoms with Crippen molar-refractivity contribution in [1.29, 1.82) is 0 Å². The summed E-state index contributed by atoms with van der Waals surface area (Å²) in [6, 6.07) is 4.91.